The molecular formula is C20H10F12O2S. The molecule has 0 atom stereocenters. The Labute approximate surface area is 189 Å². The highest BCUT2D eigenvalue weighted by molar-refractivity contribution is 8.09. The van der Waals surface area contributed by atoms with E-state index < -0.39 is 66.6 Å². The lowest BCUT2D eigenvalue weighted by molar-refractivity contribution is -0.172. The van der Waals surface area contributed by atoms with Crippen molar-refractivity contribution < 1.29 is 61.1 Å². The van der Waals surface area contributed by atoms with Crippen LogP contribution in [0.15, 0.2) is 71.8 Å². The van der Waals surface area contributed by atoms with Crippen LogP contribution in [0.3, 0.4) is 0 Å². The highest BCUT2D eigenvalue weighted by atomic mass is 32.2. The molecule has 0 aliphatic carbocycles. The second-order valence-electron chi connectivity index (χ2n) is 6.63. The van der Waals surface area contributed by atoms with Gasteiger partial charge in [-0.05, 0) is 11.1 Å². The van der Waals surface area contributed by atoms with Gasteiger partial charge in [-0.25, -0.2) is 8.42 Å². The number of halogens is 12. The second kappa shape index (κ2) is 9.24. The zero-order valence-electron chi connectivity index (χ0n) is 16.5. The Bertz CT molecular complexity index is 1090. The average Bonchev–Trinajstić information content (AvgIpc) is 2.67. The Morgan fingerprint density at radius 2 is 0.686 bits per heavy atom. The second-order valence-corrected chi connectivity index (χ2v) is 8.46. The molecule has 35 heavy (non-hydrogen) atoms. The highest BCUT2D eigenvalue weighted by Gasteiger charge is 2.59. The van der Waals surface area contributed by atoms with Gasteiger partial charge in [0.25, 0.3) is 0 Å². The van der Waals surface area contributed by atoms with Crippen molar-refractivity contribution in [3.8, 4) is 0 Å². The Hall–Kier alpha value is -2.97. The van der Waals surface area contributed by atoms with E-state index in [2.05, 4.69) is 0 Å². The Morgan fingerprint density at radius 3 is 0.886 bits per heavy atom. The van der Waals surface area contributed by atoms with E-state index in [1.54, 1.807) is 0 Å². The van der Waals surface area contributed by atoms with Gasteiger partial charge in [0, 0.05) is 0 Å². The number of hydrogen-bond donors (Lipinski definition) is 0. The fraction of sp³-hybridized carbons (Fsp3) is 0.200. The summed E-state index contributed by atoms with van der Waals surface area (Å²) in [6, 6.07) is 6.48. The molecule has 0 saturated carbocycles. The van der Waals surface area contributed by atoms with Crippen molar-refractivity contribution in [2.45, 2.75) is 24.7 Å². The molecule has 2 rings (SSSR count). The third-order valence-corrected chi connectivity index (χ3v) is 6.15. The molecule has 0 aromatic heterocycles. The van der Waals surface area contributed by atoms with Crippen molar-refractivity contribution in [3.05, 3.63) is 82.9 Å². The first kappa shape index (κ1) is 28.3. The predicted octanol–water partition coefficient (Wildman–Crippen LogP) is 7.47. The van der Waals surface area contributed by atoms with Crippen LogP contribution in [-0.2, 0) is 9.84 Å². The van der Waals surface area contributed by atoms with E-state index in [9.17, 15) is 61.1 Å². The lowest BCUT2D eigenvalue weighted by atomic mass is 10.1. The molecular weight excluding hydrogens is 532 g/mol. The van der Waals surface area contributed by atoms with Crippen molar-refractivity contribution in [2.75, 3.05) is 0 Å². The largest absolute Gasteiger partial charge is 0.422 e. The molecule has 0 fully saturated rings. The normalized spacial score (nSPS) is 13.4. The first-order chi connectivity index (χ1) is 15.7. The number of alkyl halides is 12. The Balaban J connectivity index is 3.30. The molecule has 0 aliphatic heterocycles. The molecule has 0 spiro atoms. The van der Waals surface area contributed by atoms with Gasteiger partial charge in [0.15, 0.2) is 11.1 Å². The molecule has 2 aromatic carbocycles. The first-order valence-electron chi connectivity index (χ1n) is 8.83. The quantitative estimate of drug-likeness (QED) is 0.376. The van der Waals surface area contributed by atoms with Crippen LogP contribution < -0.4 is 0 Å². The number of hydrogen-bond acceptors (Lipinski definition) is 2. The van der Waals surface area contributed by atoms with E-state index >= 15 is 0 Å². The molecule has 192 valence electrons. The van der Waals surface area contributed by atoms with Crippen molar-refractivity contribution in [1.82, 2.24) is 0 Å². The maximum Gasteiger partial charge on any atom is 0.422 e. The van der Waals surface area contributed by atoms with Gasteiger partial charge in [-0.2, -0.15) is 52.7 Å². The van der Waals surface area contributed by atoms with Crippen molar-refractivity contribution in [2.24, 2.45) is 0 Å². The van der Waals surface area contributed by atoms with Crippen LogP contribution in [0.25, 0.3) is 9.81 Å². The molecule has 2 aromatic rings. The summed E-state index contributed by atoms with van der Waals surface area (Å²) in [4.78, 5) is -5.63. The molecule has 0 radical (unpaired) electrons. The molecule has 15 heteroatoms. The van der Waals surface area contributed by atoms with Gasteiger partial charge in [-0.1, -0.05) is 60.7 Å². The summed E-state index contributed by atoms with van der Waals surface area (Å²) in [5.74, 6) is 0. The van der Waals surface area contributed by atoms with Crippen LogP contribution in [0, 0.1) is 0 Å². The summed E-state index contributed by atoms with van der Waals surface area (Å²) >= 11 is 0. The van der Waals surface area contributed by atoms with Gasteiger partial charge in [0.1, 0.15) is 0 Å². The van der Waals surface area contributed by atoms with E-state index in [-0.39, 0.29) is 0 Å². The van der Waals surface area contributed by atoms with Crippen molar-refractivity contribution in [1.29, 1.82) is 0 Å². The lowest BCUT2D eigenvalue weighted by Gasteiger charge is -2.24. The van der Waals surface area contributed by atoms with Crippen LogP contribution >= 0.6 is 0 Å². The minimum atomic E-state index is -6.82. The van der Waals surface area contributed by atoms with Crippen molar-refractivity contribution in [3.63, 3.8) is 0 Å². The summed E-state index contributed by atoms with van der Waals surface area (Å²) in [5.41, 5.74) is -10.5. The summed E-state index contributed by atoms with van der Waals surface area (Å²) in [7, 11) is -6.82. The van der Waals surface area contributed by atoms with E-state index in [0.29, 0.717) is 24.3 Å². The molecule has 0 aliphatic rings. The molecule has 0 amide bonds. The number of benzene rings is 2. The zero-order valence-corrected chi connectivity index (χ0v) is 17.4. The van der Waals surface area contributed by atoms with E-state index in [4.69, 9.17) is 0 Å². The van der Waals surface area contributed by atoms with Gasteiger partial charge in [0.2, 0.25) is 9.84 Å². The molecule has 0 N–H and O–H groups in total. The van der Waals surface area contributed by atoms with Gasteiger partial charge in [-0.3, -0.25) is 0 Å². The van der Waals surface area contributed by atoms with E-state index in [1.165, 1.54) is 0 Å². The van der Waals surface area contributed by atoms with E-state index in [0.717, 1.165) is 36.4 Å². The Kier molecular flexibility index (Phi) is 7.46. The van der Waals surface area contributed by atoms with Crippen LogP contribution in [-0.4, -0.2) is 33.1 Å². The van der Waals surface area contributed by atoms with Crippen LogP contribution in [0.5, 0.6) is 0 Å². The summed E-state index contributed by atoms with van der Waals surface area (Å²) in [6.07, 6.45) is -26.2. The predicted molar refractivity (Wildman–Crippen MR) is 99.9 cm³/mol. The number of sulfone groups is 1. The number of rotatable bonds is 4. The van der Waals surface area contributed by atoms with E-state index in [1.807, 2.05) is 0 Å². The third kappa shape index (κ3) is 6.18. The minimum Gasteiger partial charge on any atom is -0.218 e. The maximum atomic E-state index is 13.5. The van der Waals surface area contributed by atoms with Crippen LogP contribution in [0.1, 0.15) is 11.1 Å². The fourth-order valence-corrected chi connectivity index (χ4v) is 5.08. The van der Waals surface area contributed by atoms with Crippen LogP contribution in [0.2, 0.25) is 0 Å². The average molecular weight is 542 g/mol. The van der Waals surface area contributed by atoms with Crippen molar-refractivity contribution >= 4 is 19.6 Å². The lowest BCUT2D eigenvalue weighted by Crippen LogP contribution is -2.32. The van der Waals surface area contributed by atoms with Gasteiger partial charge in [0.05, 0.1) is 9.81 Å². The van der Waals surface area contributed by atoms with Gasteiger partial charge in [-0.15, -0.1) is 0 Å². The maximum absolute atomic E-state index is 13.5. The SMILES string of the molecule is O=S(=O)(C(=C(C(F)(F)F)C(F)(F)F)c1ccccc1)C(=C(C(F)(F)F)C(F)(F)F)c1ccccc1. The highest BCUT2D eigenvalue weighted by Crippen LogP contribution is 2.51. The summed E-state index contributed by atoms with van der Waals surface area (Å²) in [6.45, 7) is 0. The van der Waals surface area contributed by atoms with Crippen LogP contribution in [0.4, 0.5) is 52.7 Å². The number of allylic oxidation sites excluding steroid dienone is 2. The fourth-order valence-electron chi connectivity index (χ4n) is 2.99. The summed E-state index contributed by atoms with van der Waals surface area (Å²) < 4.78 is 189. The zero-order chi connectivity index (χ0) is 27.0. The Morgan fingerprint density at radius 1 is 0.457 bits per heavy atom. The monoisotopic (exact) mass is 542 g/mol. The molecule has 0 heterocycles. The standard InChI is InChI=1S/C20H10F12O2S/c21-17(22,23)15(18(24,25)26)13(11-7-3-1-4-8-11)35(33,34)14(12-9-5-2-6-10-12)16(19(27,28)29)20(30,31)32/h1-10H. The van der Waals surface area contributed by atoms with Gasteiger partial charge >= 0.3 is 24.7 Å². The topological polar surface area (TPSA) is 34.1 Å². The minimum absolute atomic E-state index is 0.369. The smallest absolute Gasteiger partial charge is 0.218 e. The summed E-state index contributed by atoms with van der Waals surface area (Å²) in [5, 5.41) is 0. The molecule has 2 nitrogen and oxygen atoms in total. The first-order valence-corrected chi connectivity index (χ1v) is 10.3. The molecule has 0 unspecified atom stereocenters. The molecule has 0 bridgehead atoms. The van der Waals surface area contributed by atoms with Gasteiger partial charge < -0.3 is 0 Å². The third-order valence-electron chi connectivity index (χ3n) is 4.20. The molecule has 0 saturated heterocycles.